The van der Waals surface area contributed by atoms with Gasteiger partial charge in [0, 0.05) is 18.9 Å². The molecule has 2 aromatic rings. The molecule has 110 valence electrons. The van der Waals surface area contributed by atoms with Gasteiger partial charge in [-0.05, 0) is 25.0 Å². The van der Waals surface area contributed by atoms with E-state index in [1.54, 1.807) is 12.4 Å². The molecule has 21 heavy (non-hydrogen) atoms. The van der Waals surface area contributed by atoms with Crippen molar-refractivity contribution in [2.75, 3.05) is 17.3 Å². The van der Waals surface area contributed by atoms with Crippen LogP contribution in [0.25, 0.3) is 0 Å². The van der Waals surface area contributed by atoms with Crippen molar-refractivity contribution in [3.8, 4) is 0 Å². The summed E-state index contributed by atoms with van der Waals surface area (Å²) in [4.78, 5) is 22.5. The monoisotopic (exact) mass is 289 g/mol. The molecule has 2 heterocycles. The topological polar surface area (TPSA) is 132 Å². The SMILES string of the molecule is Cc1nc(NN)nc(NCCc2cccnc2)c1[N+](=O)[O-]. The van der Waals surface area contributed by atoms with Gasteiger partial charge in [-0.15, -0.1) is 0 Å². The molecule has 0 aliphatic rings. The van der Waals surface area contributed by atoms with Gasteiger partial charge >= 0.3 is 5.69 Å². The molecule has 0 fully saturated rings. The first-order chi connectivity index (χ1) is 10.1. The van der Waals surface area contributed by atoms with Crippen LogP contribution in [0.4, 0.5) is 17.5 Å². The summed E-state index contributed by atoms with van der Waals surface area (Å²) in [5.74, 6) is 5.52. The van der Waals surface area contributed by atoms with E-state index in [4.69, 9.17) is 5.84 Å². The van der Waals surface area contributed by atoms with E-state index in [1.165, 1.54) is 6.92 Å². The molecule has 0 saturated heterocycles. The van der Waals surface area contributed by atoms with Crippen molar-refractivity contribution in [2.45, 2.75) is 13.3 Å². The van der Waals surface area contributed by atoms with Gasteiger partial charge in [0.15, 0.2) is 0 Å². The maximum absolute atomic E-state index is 11.1. The molecule has 0 radical (unpaired) electrons. The second-order valence-electron chi connectivity index (χ2n) is 4.27. The zero-order chi connectivity index (χ0) is 15.2. The molecule has 0 spiro atoms. The number of nitrogen functional groups attached to an aromatic ring is 1. The number of nitrogens with one attached hydrogen (secondary N) is 2. The predicted molar refractivity (Wildman–Crippen MR) is 77.7 cm³/mol. The quantitative estimate of drug-likeness (QED) is 0.408. The van der Waals surface area contributed by atoms with E-state index in [2.05, 4.69) is 25.7 Å². The van der Waals surface area contributed by atoms with Crippen LogP contribution in [-0.4, -0.2) is 26.4 Å². The molecule has 0 atom stereocenters. The van der Waals surface area contributed by atoms with Crippen LogP contribution in [0.5, 0.6) is 0 Å². The van der Waals surface area contributed by atoms with E-state index in [0.29, 0.717) is 13.0 Å². The van der Waals surface area contributed by atoms with Crippen LogP contribution >= 0.6 is 0 Å². The largest absolute Gasteiger partial charge is 0.364 e. The summed E-state index contributed by atoms with van der Waals surface area (Å²) in [5, 5.41) is 14.0. The highest BCUT2D eigenvalue weighted by Crippen LogP contribution is 2.26. The van der Waals surface area contributed by atoms with E-state index < -0.39 is 4.92 Å². The predicted octanol–water partition coefficient (Wildman–Crippen LogP) is 1.03. The molecule has 0 amide bonds. The second kappa shape index (κ2) is 6.57. The highest BCUT2D eigenvalue weighted by atomic mass is 16.6. The number of aryl methyl sites for hydroxylation is 1. The third kappa shape index (κ3) is 3.60. The molecule has 2 rings (SSSR count). The summed E-state index contributed by atoms with van der Waals surface area (Å²) in [6.07, 6.45) is 4.10. The third-order valence-corrected chi connectivity index (χ3v) is 2.80. The Hall–Kier alpha value is -2.81. The summed E-state index contributed by atoms with van der Waals surface area (Å²) in [6.45, 7) is 2.01. The lowest BCUT2D eigenvalue weighted by atomic mass is 10.2. The minimum Gasteiger partial charge on any atom is -0.364 e. The van der Waals surface area contributed by atoms with Gasteiger partial charge < -0.3 is 5.32 Å². The summed E-state index contributed by atoms with van der Waals surface area (Å²) in [5.41, 5.74) is 3.40. The number of hydrogen-bond acceptors (Lipinski definition) is 8. The molecule has 9 nitrogen and oxygen atoms in total. The van der Waals surface area contributed by atoms with Crippen LogP contribution in [0.15, 0.2) is 24.5 Å². The smallest absolute Gasteiger partial charge is 0.332 e. The average Bonchev–Trinajstić information content (AvgIpc) is 2.47. The third-order valence-electron chi connectivity index (χ3n) is 2.80. The fourth-order valence-electron chi connectivity index (χ4n) is 1.84. The molecule has 0 aliphatic heterocycles. The van der Waals surface area contributed by atoms with Crippen molar-refractivity contribution >= 4 is 17.5 Å². The Bertz CT molecular complexity index is 633. The van der Waals surface area contributed by atoms with Gasteiger partial charge in [-0.1, -0.05) is 6.07 Å². The maximum atomic E-state index is 11.1. The Morgan fingerprint density at radius 1 is 1.43 bits per heavy atom. The van der Waals surface area contributed by atoms with Crippen LogP contribution in [0, 0.1) is 17.0 Å². The van der Waals surface area contributed by atoms with Gasteiger partial charge in [-0.3, -0.25) is 20.5 Å². The van der Waals surface area contributed by atoms with Gasteiger partial charge in [-0.2, -0.15) is 4.98 Å². The minimum absolute atomic E-state index is 0.127. The van der Waals surface area contributed by atoms with Crippen molar-refractivity contribution in [3.05, 3.63) is 45.9 Å². The molecule has 0 aromatic carbocycles. The van der Waals surface area contributed by atoms with E-state index in [0.717, 1.165) is 5.56 Å². The van der Waals surface area contributed by atoms with Crippen LogP contribution < -0.4 is 16.6 Å². The number of hydrogen-bond donors (Lipinski definition) is 3. The normalized spacial score (nSPS) is 10.2. The molecular weight excluding hydrogens is 274 g/mol. The maximum Gasteiger partial charge on any atom is 0.332 e. The summed E-state index contributed by atoms with van der Waals surface area (Å²) < 4.78 is 0. The summed E-state index contributed by atoms with van der Waals surface area (Å²) in [7, 11) is 0. The zero-order valence-corrected chi connectivity index (χ0v) is 11.4. The first-order valence-electron chi connectivity index (χ1n) is 6.24. The number of rotatable bonds is 6. The average molecular weight is 289 g/mol. The number of nitrogens with two attached hydrogens (primary N) is 1. The van der Waals surface area contributed by atoms with Crippen LogP contribution in [0.3, 0.4) is 0 Å². The molecule has 0 saturated carbocycles. The van der Waals surface area contributed by atoms with Crippen LogP contribution in [-0.2, 0) is 6.42 Å². The number of aromatic nitrogens is 3. The second-order valence-corrected chi connectivity index (χ2v) is 4.27. The molecule has 0 bridgehead atoms. The van der Waals surface area contributed by atoms with Gasteiger partial charge in [0.1, 0.15) is 5.69 Å². The molecule has 9 heteroatoms. The minimum atomic E-state index is -0.512. The summed E-state index contributed by atoms with van der Waals surface area (Å²) in [6, 6.07) is 3.77. The number of nitro groups is 1. The fraction of sp³-hybridized carbons (Fsp3) is 0.250. The van der Waals surface area contributed by atoms with E-state index in [1.807, 2.05) is 12.1 Å². The Balaban J connectivity index is 2.14. The molecule has 0 unspecified atom stereocenters. The number of pyridine rings is 1. The number of hydrazine groups is 1. The standard InChI is InChI=1S/C12H15N7O2/c1-8-10(19(20)21)11(17-12(16-8)18-13)15-6-4-9-3-2-5-14-7-9/h2-3,5,7H,4,6,13H2,1H3,(H2,15,16,17,18). The van der Waals surface area contributed by atoms with Crippen molar-refractivity contribution in [2.24, 2.45) is 5.84 Å². The molecule has 4 N–H and O–H groups in total. The van der Waals surface area contributed by atoms with Crippen molar-refractivity contribution in [1.29, 1.82) is 0 Å². The summed E-state index contributed by atoms with van der Waals surface area (Å²) >= 11 is 0. The Morgan fingerprint density at radius 3 is 2.86 bits per heavy atom. The molecule has 2 aromatic heterocycles. The van der Waals surface area contributed by atoms with Crippen molar-refractivity contribution in [1.82, 2.24) is 15.0 Å². The van der Waals surface area contributed by atoms with Gasteiger partial charge in [0.2, 0.25) is 11.8 Å². The van der Waals surface area contributed by atoms with E-state index in [9.17, 15) is 10.1 Å². The van der Waals surface area contributed by atoms with Crippen LogP contribution in [0.2, 0.25) is 0 Å². The molecular formula is C12H15N7O2. The lowest BCUT2D eigenvalue weighted by Crippen LogP contribution is -2.15. The first-order valence-corrected chi connectivity index (χ1v) is 6.24. The Kier molecular flexibility index (Phi) is 4.57. The van der Waals surface area contributed by atoms with Gasteiger partial charge in [0.25, 0.3) is 0 Å². The fourth-order valence-corrected chi connectivity index (χ4v) is 1.84. The number of anilines is 2. The van der Waals surface area contributed by atoms with Gasteiger partial charge in [0.05, 0.1) is 4.92 Å². The van der Waals surface area contributed by atoms with E-state index >= 15 is 0 Å². The van der Waals surface area contributed by atoms with Crippen molar-refractivity contribution < 1.29 is 4.92 Å². The highest BCUT2D eigenvalue weighted by Gasteiger charge is 2.21. The molecule has 0 aliphatic carbocycles. The Labute approximate surface area is 120 Å². The Morgan fingerprint density at radius 2 is 2.24 bits per heavy atom. The lowest BCUT2D eigenvalue weighted by molar-refractivity contribution is -0.385. The first kappa shape index (κ1) is 14.6. The van der Waals surface area contributed by atoms with Crippen LogP contribution in [0.1, 0.15) is 11.3 Å². The van der Waals surface area contributed by atoms with Gasteiger partial charge in [-0.25, -0.2) is 10.8 Å². The van der Waals surface area contributed by atoms with Crippen molar-refractivity contribution in [3.63, 3.8) is 0 Å². The number of nitrogens with zero attached hydrogens (tertiary/aromatic N) is 4. The highest BCUT2D eigenvalue weighted by molar-refractivity contribution is 5.60. The zero-order valence-electron chi connectivity index (χ0n) is 11.4. The lowest BCUT2D eigenvalue weighted by Gasteiger charge is -2.09. The van der Waals surface area contributed by atoms with E-state index in [-0.39, 0.29) is 23.1 Å².